The minimum absolute atomic E-state index is 0.937. The van der Waals surface area contributed by atoms with Crippen LogP contribution in [0, 0.1) is 6.92 Å². The Labute approximate surface area is 138 Å². The van der Waals surface area contributed by atoms with Crippen LogP contribution in [0.15, 0.2) is 4.47 Å². The minimum Gasteiger partial charge on any atom is -0.279 e. The van der Waals surface area contributed by atoms with Crippen LogP contribution in [0.4, 0.5) is 5.82 Å². The van der Waals surface area contributed by atoms with E-state index in [2.05, 4.69) is 43.9 Å². The van der Waals surface area contributed by atoms with Crippen LogP contribution in [0.2, 0.25) is 0 Å². The lowest BCUT2D eigenvalue weighted by Gasteiger charge is -2.23. The van der Waals surface area contributed by atoms with E-state index < -0.39 is 0 Å². The number of aryl methyl sites for hydroxylation is 1. The molecule has 1 aliphatic rings. The second-order valence-electron chi connectivity index (χ2n) is 6.98. The number of aromatic nitrogens is 1. The molecule has 1 aliphatic heterocycles. The first-order valence-corrected chi connectivity index (χ1v) is 9.28. The van der Waals surface area contributed by atoms with Crippen LogP contribution in [0.1, 0.15) is 62.3 Å². The van der Waals surface area contributed by atoms with Gasteiger partial charge in [-0.05, 0) is 41.3 Å². The molecule has 21 heavy (non-hydrogen) atoms. The van der Waals surface area contributed by atoms with E-state index in [0.717, 1.165) is 17.3 Å². The van der Waals surface area contributed by atoms with Crippen molar-refractivity contribution in [2.75, 3.05) is 20.6 Å². The lowest BCUT2D eigenvalue weighted by atomic mass is 10.0. The van der Waals surface area contributed by atoms with Gasteiger partial charge in [0.1, 0.15) is 0 Å². The number of pyridine rings is 1. The predicted molar refractivity (Wildman–Crippen MR) is 96.0 cm³/mol. The summed E-state index contributed by atoms with van der Waals surface area (Å²) in [6.07, 6.45) is 10.3. The number of nitrogens with zero attached hydrogens (tertiary/aromatic N) is 2. The summed E-state index contributed by atoms with van der Waals surface area (Å²) < 4.78 is 2.20. The third-order valence-corrected chi connectivity index (χ3v) is 5.86. The van der Waals surface area contributed by atoms with Gasteiger partial charge in [0.05, 0.1) is 26.3 Å². The molecular formula is C18H30BrN2+. The van der Waals surface area contributed by atoms with Gasteiger partial charge in [0.15, 0.2) is 0 Å². The molecule has 3 heteroatoms. The zero-order valence-corrected chi connectivity index (χ0v) is 15.7. The second kappa shape index (κ2) is 7.23. The molecular weight excluding hydrogens is 324 g/mol. The van der Waals surface area contributed by atoms with E-state index in [1.165, 1.54) is 72.2 Å². The van der Waals surface area contributed by atoms with Crippen molar-refractivity contribution in [1.29, 1.82) is 0 Å². The monoisotopic (exact) mass is 353 g/mol. The SMILES string of the molecule is CCCCCCCCc1nc2c(c(C)c1Br)CC[N+]2(C)C. The average Bonchev–Trinajstić information content (AvgIpc) is 2.75. The summed E-state index contributed by atoms with van der Waals surface area (Å²) in [6, 6.07) is 0. The number of hydrogen-bond donors (Lipinski definition) is 0. The molecule has 118 valence electrons. The summed E-state index contributed by atoms with van der Waals surface area (Å²) in [4.78, 5) is 5.03. The fourth-order valence-electron chi connectivity index (χ4n) is 3.30. The van der Waals surface area contributed by atoms with Crippen molar-refractivity contribution in [3.8, 4) is 0 Å². The Bertz CT molecular complexity index is 494. The molecule has 0 spiro atoms. The van der Waals surface area contributed by atoms with Crippen LogP contribution in [-0.4, -0.2) is 25.6 Å². The molecule has 0 saturated carbocycles. The van der Waals surface area contributed by atoms with Crippen molar-refractivity contribution < 1.29 is 0 Å². The molecule has 0 unspecified atom stereocenters. The Morgan fingerprint density at radius 3 is 2.48 bits per heavy atom. The molecule has 0 saturated heterocycles. The number of halogens is 1. The number of rotatable bonds is 7. The molecule has 0 fully saturated rings. The maximum absolute atomic E-state index is 5.03. The van der Waals surface area contributed by atoms with Gasteiger partial charge < -0.3 is 0 Å². The van der Waals surface area contributed by atoms with Gasteiger partial charge in [-0.15, -0.1) is 0 Å². The molecule has 2 nitrogen and oxygen atoms in total. The normalized spacial score (nSPS) is 16.2. The van der Waals surface area contributed by atoms with E-state index in [9.17, 15) is 0 Å². The maximum atomic E-state index is 5.03. The van der Waals surface area contributed by atoms with Crippen molar-refractivity contribution in [3.05, 3.63) is 21.3 Å². The third-order valence-electron chi connectivity index (χ3n) is 4.81. The number of unbranched alkanes of at least 4 members (excludes halogenated alkanes) is 5. The molecule has 0 N–H and O–H groups in total. The zero-order valence-electron chi connectivity index (χ0n) is 14.1. The van der Waals surface area contributed by atoms with Crippen LogP contribution in [0.5, 0.6) is 0 Å². The molecule has 0 bridgehead atoms. The first-order valence-electron chi connectivity index (χ1n) is 8.48. The fourth-order valence-corrected chi connectivity index (χ4v) is 3.82. The molecule has 0 amide bonds. The van der Waals surface area contributed by atoms with Crippen molar-refractivity contribution in [1.82, 2.24) is 9.47 Å². The molecule has 2 heterocycles. The Kier molecular flexibility index (Phi) is 5.84. The quantitative estimate of drug-likeness (QED) is 0.486. The lowest BCUT2D eigenvalue weighted by molar-refractivity contribution is 0.422. The van der Waals surface area contributed by atoms with Crippen LogP contribution in [0.3, 0.4) is 0 Å². The Morgan fingerprint density at radius 2 is 1.76 bits per heavy atom. The van der Waals surface area contributed by atoms with Crippen LogP contribution in [0.25, 0.3) is 0 Å². The molecule has 1 aromatic rings. The van der Waals surface area contributed by atoms with Crippen molar-refractivity contribution in [2.45, 2.75) is 65.2 Å². The van der Waals surface area contributed by atoms with Gasteiger partial charge in [-0.25, -0.2) is 0 Å². The van der Waals surface area contributed by atoms with Crippen molar-refractivity contribution >= 4 is 21.7 Å². The molecule has 2 rings (SSSR count). The zero-order chi connectivity index (χ0) is 15.5. The van der Waals surface area contributed by atoms with E-state index in [0.29, 0.717) is 0 Å². The first-order chi connectivity index (χ1) is 9.97. The summed E-state index contributed by atoms with van der Waals surface area (Å²) in [5, 5.41) is 0. The van der Waals surface area contributed by atoms with E-state index in [4.69, 9.17) is 4.98 Å². The highest BCUT2D eigenvalue weighted by atomic mass is 79.9. The van der Waals surface area contributed by atoms with Gasteiger partial charge in [-0.3, -0.25) is 4.48 Å². The largest absolute Gasteiger partial charge is 0.279 e. The highest BCUT2D eigenvalue weighted by Gasteiger charge is 2.34. The highest BCUT2D eigenvalue weighted by Crippen LogP contribution is 2.37. The van der Waals surface area contributed by atoms with Gasteiger partial charge in [-0.2, -0.15) is 4.98 Å². The van der Waals surface area contributed by atoms with E-state index in [1.54, 1.807) is 0 Å². The molecule has 0 atom stereocenters. The van der Waals surface area contributed by atoms with Gasteiger partial charge >= 0.3 is 0 Å². The maximum Gasteiger partial charge on any atom is 0.231 e. The van der Waals surface area contributed by atoms with Crippen molar-refractivity contribution in [3.63, 3.8) is 0 Å². The first kappa shape index (κ1) is 17.0. The summed E-state index contributed by atoms with van der Waals surface area (Å²) in [5.74, 6) is 1.30. The van der Waals surface area contributed by atoms with Crippen LogP contribution < -0.4 is 4.48 Å². The predicted octanol–water partition coefficient (Wildman–Crippen LogP) is 5.18. The van der Waals surface area contributed by atoms with Crippen LogP contribution in [-0.2, 0) is 12.8 Å². The number of quaternary nitrogens is 1. The van der Waals surface area contributed by atoms with Gasteiger partial charge in [0.25, 0.3) is 0 Å². The average molecular weight is 354 g/mol. The van der Waals surface area contributed by atoms with Gasteiger partial charge in [0, 0.05) is 16.5 Å². The topological polar surface area (TPSA) is 12.9 Å². The third kappa shape index (κ3) is 3.87. The number of likely N-dealkylation sites (N-methyl/N-ethyl adjacent to an activating group) is 1. The summed E-state index contributed by atoms with van der Waals surface area (Å²) in [5.41, 5.74) is 4.16. The Balaban J connectivity index is 2.02. The molecule has 0 radical (unpaired) electrons. The summed E-state index contributed by atoms with van der Waals surface area (Å²) in [6.45, 7) is 5.70. The number of fused-ring (bicyclic) bond motifs is 1. The van der Waals surface area contributed by atoms with Crippen LogP contribution >= 0.6 is 15.9 Å². The Morgan fingerprint density at radius 1 is 1.10 bits per heavy atom. The van der Waals surface area contributed by atoms with E-state index >= 15 is 0 Å². The van der Waals surface area contributed by atoms with Crippen molar-refractivity contribution in [2.24, 2.45) is 0 Å². The standard InChI is InChI=1S/C18H30BrN2/c1-5-6-7-8-9-10-11-16-17(19)14(2)15-12-13-21(3,4)18(15)20-16/h5-13H2,1-4H3/q+1. The highest BCUT2D eigenvalue weighted by molar-refractivity contribution is 9.10. The number of hydrogen-bond acceptors (Lipinski definition) is 1. The smallest absolute Gasteiger partial charge is 0.231 e. The molecule has 0 aliphatic carbocycles. The Hall–Kier alpha value is -0.410. The lowest BCUT2D eigenvalue weighted by Crippen LogP contribution is -2.38. The molecule has 1 aromatic heterocycles. The van der Waals surface area contributed by atoms with E-state index in [1.807, 2.05) is 0 Å². The van der Waals surface area contributed by atoms with E-state index in [-0.39, 0.29) is 0 Å². The fraction of sp³-hybridized carbons (Fsp3) is 0.722. The van der Waals surface area contributed by atoms with Gasteiger partial charge in [-0.1, -0.05) is 39.0 Å². The molecule has 0 aromatic carbocycles. The minimum atomic E-state index is 0.937. The summed E-state index contributed by atoms with van der Waals surface area (Å²) >= 11 is 3.80. The van der Waals surface area contributed by atoms with Gasteiger partial charge in [0.2, 0.25) is 5.82 Å². The summed E-state index contributed by atoms with van der Waals surface area (Å²) in [7, 11) is 4.56. The second-order valence-corrected chi connectivity index (χ2v) is 7.77.